The van der Waals surface area contributed by atoms with E-state index in [1.54, 1.807) is 7.11 Å². The first-order valence-electron chi connectivity index (χ1n) is 8.72. The third kappa shape index (κ3) is 4.92. The van der Waals surface area contributed by atoms with Crippen molar-refractivity contribution in [2.75, 3.05) is 39.2 Å². The van der Waals surface area contributed by atoms with Crippen LogP contribution in [0.5, 0.6) is 11.5 Å². The van der Waals surface area contributed by atoms with Crippen LogP contribution in [-0.2, 0) is 23.2 Å². The van der Waals surface area contributed by atoms with Crippen LogP contribution >= 0.6 is 11.8 Å². The van der Waals surface area contributed by atoms with Crippen molar-refractivity contribution in [1.82, 2.24) is 19.7 Å². The summed E-state index contributed by atoms with van der Waals surface area (Å²) in [7, 11) is 3.48. The van der Waals surface area contributed by atoms with Crippen molar-refractivity contribution < 1.29 is 19.0 Å². The molecule has 1 aliphatic rings. The number of morpholine rings is 1. The van der Waals surface area contributed by atoms with Crippen molar-refractivity contribution >= 4 is 17.7 Å². The Kier molecular flexibility index (Phi) is 6.57. The predicted octanol–water partition coefficient (Wildman–Crippen LogP) is 1.66. The van der Waals surface area contributed by atoms with Gasteiger partial charge in [0, 0.05) is 20.1 Å². The molecule has 27 heavy (non-hydrogen) atoms. The van der Waals surface area contributed by atoms with Crippen LogP contribution in [0.1, 0.15) is 11.4 Å². The van der Waals surface area contributed by atoms with Crippen LogP contribution in [0.15, 0.2) is 23.4 Å². The SMILES string of the molecule is COc1cc(C)ccc1OCc1nnc(SCC(=O)N2CCOCC2)n1C. The van der Waals surface area contributed by atoms with Crippen LogP contribution in [0.4, 0.5) is 0 Å². The van der Waals surface area contributed by atoms with E-state index >= 15 is 0 Å². The third-order valence-electron chi connectivity index (χ3n) is 4.29. The number of methoxy groups -OCH3 is 1. The minimum atomic E-state index is 0.0912. The van der Waals surface area contributed by atoms with Gasteiger partial charge in [-0.1, -0.05) is 17.8 Å². The fourth-order valence-corrected chi connectivity index (χ4v) is 3.50. The minimum Gasteiger partial charge on any atom is -0.493 e. The second-order valence-corrected chi connectivity index (χ2v) is 7.13. The average molecular weight is 392 g/mol. The molecule has 0 radical (unpaired) electrons. The lowest BCUT2D eigenvalue weighted by Gasteiger charge is -2.26. The fourth-order valence-electron chi connectivity index (χ4n) is 2.66. The summed E-state index contributed by atoms with van der Waals surface area (Å²) in [6.07, 6.45) is 0. The standard InChI is InChI=1S/C18H24N4O4S/c1-13-4-5-14(15(10-13)24-3)26-11-16-19-20-18(21(16)2)27-12-17(23)22-6-8-25-9-7-22/h4-5,10H,6-9,11-12H2,1-3H3. The van der Waals surface area contributed by atoms with Gasteiger partial charge in [0.25, 0.3) is 0 Å². The lowest BCUT2D eigenvalue weighted by atomic mass is 10.2. The van der Waals surface area contributed by atoms with E-state index in [-0.39, 0.29) is 12.5 Å². The van der Waals surface area contributed by atoms with E-state index in [2.05, 4.69) is 10.2 Å². The zero-order chi connectivity index (χ0) is 19.2. The number of carbonyl (C=O) groups is 1. The molecule has 1 aromatic heterocycles. The molecule has 8 nitrogen and oxygen atoms in total. The topological polar surface area (TPSA) is 78.7 Å². The summed E-state index contributed by atoms with van der Waals surface area (Å²) < 4.78 is 18.3. The number of thioether (sulfide) groups is 1. The summed E-state index contributed by atoms with van der Waals surface area (Å²) >= 11 is 1.38. The average Bonchev–Trinajstić information content (AvgIpc) is 3.05. The van der Waals surface area contributed by atoms with Gasteiger partial charge in [-0.2, -0.15) is 0 Å². The van der Waals surface area contributed by atoms with Crippen LogP contribution in [0.25, 0.3) is 0 Å². The van der Waals surface area contributed by atoms with Gasteiger partial charge in [0.05, 0.1) is 26.1 Å². The van der Waals surface area contributed by atoms with E-state index in [0.717, 1.165) is 5.56 Å². The van der Waals surface area contributed by atoms with E-state index in [4.69, 9.17) is 14.2 Å². The molecule has 2 aromatic rings. The molecule has 0 unspecified atom stereocenters. The molecule has 0 atom stereocenters. The second kappa shape index (κ2) is 9.09. The van der Waals surface area contributed by atoms with E-state index in [0.29, 0.717) is 54.5 Å². The van der Waals surface area contributed by atoms with Crippen molar-refractivity contribution in [2.24, 2.45) is 7.05 Å². The Morgan fingerprint density at radius 2 is 2.04 bits per heavy atom. The fraction of sp³-hybridized carbons (Fsp3) is 0.500. The highest BCUT2D eigenvalue weighted by atomic mass is 32.2. The normalized spacial score (nSPS) is 14.3. The summed E-state index contributed by atoms with van der Waals surface area (Å²) in [6.45, 7) is 4.76. The number of rotatable bonds is 7. The predicted molar refractivity (Wildman–Crippen MR) is 101 cm³/mol. The molecule has 0 bridgehead atoms. The largest absolute Gasteiger partial charge is 0.493 e. The summed E-state index contributed by atoms with van der Waals surface area (Å²) in [4.78, 5) is 14.1. The maximum absolute atomic E-state index is 12.3. The highest BCUT2D eigenvalue weighted by Gasteiger charge is 2.18. The molecule has 0 N–H and O–H groups in total. The number of benzene rings is 1. The lowest BCUT2D eigenvalue weighted by Crippen LogP contribution is -2.41. The molecule has 3 rings (SSSR count). The summed E-state index contributed by atoms with van der Waals surface area (Å²) in [5.41, 5.74) is 1.10. The molecular formula is C18H24N4O4S. The number of carbonyl (C=O) groups excluding carboxylic acids is 1. The first-order chi connectivity index (χ1) is 13.1. The molecule has 1 aliphatic heterocycles. The lowest BCUT2D eigenvalue weighted by molar-refractivity contribution is -0.132. The number of ether oxygens (including phenoxy) is 3. The molecule has 1 fully saturated rings. The van der Waals surface area contributed by atoms with Crippen LogP contribution in [-0.4, -0.2) is 64.7 Å². The van der Waals surface area contributed by atoms with Crippen molar-refractivity contribution in [3.8, 4) is 11.5 Å². The number of hydrogen-bond donors (Lipinski definition) is 0. The number of nitrogens with zero attached hydrogens (tertiary/aromatic N) is 4. The van der Waals surface area contributed by atoms with Crippen molar-refractivity contribution in [1.29, 1.82) is 0 Å². The minimum absolute atomic E-state index is 0.0912. The van der Waals surface area contributed by atoms with Gasteiger partial charge in [-0.3, -0.25) is 4.79 Å². The Hall–Kier alpha value is -2.26. The number of hydrogen-bond acceptors (Lipinski definition) is 7. The zero-order valence-corrected chi connectivity index (χ0v) is 16.6. The first-order valence-corrected chi connectivity index (χ1v) is 9.71. The molecular weight excluding hydrogens is 368 g/mol. The second-order valence-electron chi connectivity index (χ2n) is 6.18. The Labute approximate surface area is 162 Å². The van der Waals surface area contributed by atoms with Gasteiger partial charge < -0.3 is 23.7 Å². The highest BCUT2D eigenvalue weighted by molar-refractivity contribution is 7.99. The molecule has 1 saturated heterocycles. The highest BCUT2D eigenvalue weighted by Crippen LogP contribution is 2.28. The van der Waals surface area contributed by atoms with Crippen LogP contribution in [0.2, 0.25) is 0 Å². The van der Waals surface area contributed by atoms with Gasteiger partial charge >= 0.3 is 0 Å². The van der Waals surface area contributed by atoms with Crippen molar-refractivity contribution in [3.63, 3.8) is 0 Å². The van der Waals surface area contributed by atoms with E-state index < -0.39 is 0 Å². The van der Waals surface area contributed by atoms with Crippen LogP contribution in [0.3, 0.4) is 0 Å². The zero-order valence-electron chi connectivity index (χ0n) is 15.8. The summed E-state index contributed by atoms with van der Waals surface area (Å²) in [5, 5.41) is 9.03. The van der Waals surface area contributed by atoms with Crippen molar-refractivity contribution in [2.45, 2.75) is 18.7 Å². The summed E-state index contributed by atoms with van der Waals surface area (Å²) in [6, 6.07) is 5.76. The third-order valence-corrected chi connectivity index (χ3v) is 5.29. The number of amides is 1. The Balaban J connectivity index is 1.56. The van der Waals surface area contributed by atoms with Gasteiger partial charge in [0.2, 0.25) is 5.91 Å². The Morgan fingerprint density at radius 3 is 2.78 bits per heavy atom. The molecule has 1 aromatic carbocycles. The number of aromatic nitrogens is 3. The molecule has 2 heterocycles. The quantitative estimate of drug-likeness (QED) is 0.663. The molecule has 146 valence electrons. The molecule has 0 spiro atoms. The van der Waals surface area contributed by atoms with Gasteiger partial charge in [-0.25, -0.2) is 0 Å². The maximum Gasteiger partial charge on any atom is 0.233 e. The molecule has 0 aliphatic carbocycles. The molecule has 0 saturated carbocycles. The summed E-state index contributed by atoms with van der Waals surface area (Å²) in [5.74, 6) is 2.44. The monoisotopic (exact) mass is 392 g/mol. The number of aryl methyl sites for hydroxylation is 1. The van der Waals surface area contributed by atoms with Crippen LogP contribution in [0, 0.1) is 6.92 Å². The Morgan fingerprint density at radius 1 is 1.26 bits per heavy atom. The molecule has 1 amide bonds. The van der Waals surface area contributed by atoms with E-state index in [9.17, 15) is 4.79 Å². The van der Waals surface area contributed by atoms with Gasteiger partial charge in [-0.05, 0) is 24.6 Å². The van der Waals surface area contributed by atoms with Crippen molar-refractivity contribution in [3.05, 3.63) is 29.6 Å². The van der Waals surface area contributed by atoms with Gasteiger partial charge in [-0.15, -0.1) is 10.2 Å². The van der Waals surface area contributed by atoms with E-state index in [1.807, 2.05) is 41.6 Å². The van der Waals surface area contributed by atoms with Crippen LogP contribution < -0.4 is 9.47 Å². The van der Waals surface area contributed by atoms with Gasteiger partial charge in [0.15, 0.2) is 22.5 Å². The Bertz CT molecular complexity index is 790. The maximum atomic E-state index is 12.3. The molecule has 9 heteroatoms. The first kappa shape index (κ1) is 19.5. The van der Waals surface area contributed by atoms with Gasteiger partial charge in [0.1, 0.15) is 6.61 Å². The van der Waals surface area contributed by atoms with E-state index in [1.165, 1.54) is 11.8 Å². The smallest absolute Gasteiger partial charge is 0.233 e.